The zero-order chi connectivity index (χ0) is 16.4. The van der Waals surface area contributed by atoms with Gasteiger partial charge in [-0.3, -0.25) is 0 Å². The average molecular weight is 303 g/mol. The van der Waals surface area contributed by atoms with Crippen molar-refractivity contribution < 1.29 is 9.63 Å². The number of carbonyl (C=O) groups excluding carboxylic acids is 1. The van der Waals surface area contributed by atoms with E-state index in [0.29, 0.717) is 5.56 Å². The van der Waals surface area contributed by atoms with Crippen molar-refractivity contribution in [3.05, 3.63) is 48.0 Å². The van der Waals surface area contributed by atoms with E-state index in [1.54, 1.807) is 12.1 Å². The second-order valence-corrected chi connectivity index (χ2v) is 6.40. The number of unbranched alkanes of at least 4 members (excludes halogenated alkanes) is 1. The number of hydroxylamine groups is 2. The highest BCUT2D eigenvalue weighted by molar-refractivity contribution is 5.89. The van der Waals surface area contributed by atoms with Crippen LogP contribution in [0.15, 0.2) is 42.5 Å². The molecule has 0 aliphatic rings. The van der Waals surface area contributed by atoms with Crippen molar-refractivity contribution in [1.82, 2.24) is 5.06 Å². The number of carbonyl (C=O) groups is 1. The number of nitrogens with zero attached hydrogens (tertiary/aromatic N) is 1. The Labute approximate surface area is 134 Å². The molecule has 0 bridgehead atoms. The Morgan fingerprint density at radius 2 is 1.95 bits per heavy atom. The Balaban J connectivity index is 2.69. The van der Waals surface area contributed by atoms with E-state index in [0.717, 1.165) is 32.4 Å². The summed E-state index contributed by atoms with van der Waals surface area (Å²) in [6.45, 7) is 10.1. The lowest BCUT2D eigenvalue weighted by atomic mass is 9.89. The first-order valence-electron chi connectivity index (χ1n) is 8.12. The fraction of sp³-hybridized carbons (Fsp3) is 0.526. The number of rotatable bonds is 9. The highest BCUT2D eigenvalue weighted by Gasteiger charge is 2.23. The molecule has 0 aliphatic heterocycles. The lowest BCUT2D eigenvalue weighted by Gasteiger charge is -2.30. The lowest BCUT2D eigenvalue weighted by Crippen LogP contribution is -2.36. The van der Waals surface area contributed by atoms with E-state index in [9.17, 15) is 4.79 Å². The van der Waals surface area contributed by atoms with Crippen LogP contribution in [0, 0.1) is 5.41 Å². The molecule has 122 valence electrons. The number of hydrogen-bond donors (Lipinski definition) is 0. The van der Waals surface area contributed by atoms with E-state index in [1.165, 1.54) is 0 Å². The zero-order valence-electron chi connectivity index (χ0n) is 14.3. The highest BCUT2D eigenvalue weighted by Crippen LogP contribution is 2.23. The molecule has 0 heterocycles. The summed E-state index contributed by atoms with van der Waals surface area (Å²) in [6, 6.07) is 9.16. The quantitative estimate of drug-likeness (QED) is 0.482. The normalized spacial score (nSPS) is 12.0. The van der Waals surface area contributed by atoms with Crippen molar-refractivity contribution in [3.63, 3.8) is 0 Å². The molecule has 3 nitrogen and oxygen atoms in total. The van der Waals surface area contributed by atoms with Crippen molar-refractivity contribution in [2.75, 3.05) is 13.1 Å². The maximum absolute atomic E-state index is 12.2. The van der Waals surface area contributed by atoms with E-state index < -0.39 is 0 Å². The van der Waals surface area contributed by atoms with E-state index in [4.69, 9.17) is 4.84 Å². The van der Waals surface area contributed by atoms with Gasteiger partial charge in [0, 0.05) is 13.1 Å². The summed E-state index contributed by atoms with van der Waals surface area (Å²) in [5.41, 5.74) is 0.660. The molecule has 1 aromatic rings. The average Bonchev–Trinajstić information content (AvgIpc) is 2.51. The minimum absolute atomic E-state index is 0.0667. The molecule has 1 rings (SSSR count). The number of benzene rings is 1. The second-order valence-electron chi connectivity index (χ2n) is 6.40. The molecule has 0 amide bonds. The van der Waals surface area contributed by atoms with Gasteiger partial charge in [0.2, 0.25) is 0 Å². The maximum Gasteiger partial charge on any atom is 0.357 e. The van der Waals surface area contributed by atoms with Crippen LogP contribution in [0.3, 0.4) is 0 Å². The predicted molar refractivity (Wildman–Crippen MR) is 91.6 cm³/mol. The van der Waals surface area contributed by atoms with E-state index >= 15 is 0 Å². The molecular formula is C19H29NO2. The van der Waals surface area contributed by atoms with Gasteiger partial charge >= 0.3 is 5.97 Å². The molecule has 1 aromatic carbocycles. The summed E-state index contributed by atoms with van der Waals surface area (Å²) < 4.78 is 0. The van der Waals surface area contributed by atoms with Crippen LogP contribution >= 0.6 is 0 Å². The van der Waals surface area contributed by atoms with Gasteiger partial charge in [0.25, 0.3) is 0 Å². The minimum Gasteiger partial charge on any atom is -0.364 e. The Hall–Kier alpha value is -1.61. The summed E-state index contributed by atoms with van der Waals surface area (Å²) in [5.74, 6) is -0.279. The summed E-state index contributed by atoms with van der Waals surface area (Å²) in [5, 5.41) is 1.82. The summed E-state index contributed by atoms with van der Waals surface area (Å²) >= 11 is 0. The Kier molecular flexibility index (Phi) is 7.89. The molecule has 0 N–H and O–H groups in total. The van der Waals surface area contributed by atoms with Gasteiger partial charge in [0.1, 0.15) is 0 Å². The van der Waals surface area contributed by atoms with E-state index in [2.05, 4.69) is 32.9 Å². The van der Waals surface area contributed by atoms with Gasteiger partial charge in [-0.1, -0.05) is 57.5 Å². The van der Waals surface area contributed by atoms with Crippen LogP contribution in [0.25, 0.3) is 0 Å². The Bertz CT molecular complexity index is 466. The topological polar surface area (TPSA) is 29.5 Å². The Morgan fingerprint density at radius 3 is 2.55 bits per heavy atom. The molecule has 0 spiro atoms. The lowest BCUT2D eigenvalue weighted by molar-refractivity contribution is -0.126. The highest BCUT2D eigenvalue weighted by atomic mass is 16.7. The van der Waals surface area contributed by atoms with Crippen molar-refractivity contribution in [1.29, 1.82) is 0 Å². The third-order valence-corrected chi connectivity index (χ3v) is 3.49. The first-order chi connectivity index (χ1) is 10.5. The monoisotopic (exact) mass is 303 g/mol. The molecule has 0 unspecified atom stereocenters. The molecule has 0 fully saturated rings. The number of hydrogen-bond acceptors (Lipinski definition) is 3. The molecule has 22 heavy (non-hydrogen) atoms. The van der Waals surface area contributed by atoms with Crippen LogP contribution in [0.4, 0.5) is 0 Å². The smallest absolute Gasteiger partial charge is 0.357 e. The first kappa shape index (κ1) is 18.4. The molecule has 0 saturated heterocycles. The van der Waals surface area contributed by atoms with Gasteiger partial charge in [-0.15, -0.1) is 5.06 Å². The van der Waals surface area contributed by atoms with Crippen molar-refractivity contribution >= 4 is 5.97 Å². The molecule has 0 saturated carbocycles. The molecule has 0 radical (unpaired) electrons. The van der Waals surface area contributed by atoms with Gasteiger partial charge < -0.3 is 4.84 Å². The minimum atomic E-state index is -0.279. The summed E-state index contributed by atoms with van der Waals surface area (Å²) in [7, 11) is 0. The van der Waals surface area contributed by atoms with Crippen LogP contribution in [-0.2, 0) is 4.84 Å². The first-order valence-corrected chi connectivity index (χ1v) is 8.12. The molecule has 3 heteroatoms. The Morgan fingerprint density at radius 1 is 1.27 bits per heavy atom. The van der Waals surface area contributed by atoms with Gasteiger partial charge in [0.05, 0.1) is 5.56 Å². The van der Waals surface area contributed by atoms with Crippen LogP contribution in [0.1, 0.15) is 57.3 Å². The van der Waals surface area contributed by atoms with Crippen LogP contribution < -0.4 is 0 Å². The molecular weight excluding hydrogens is 274 g/mol. The van der Waals surface area contributed by atoms with E-state index in [1.807, 2.05) is 30.2 Å². The van der Waals surface area contributed by atoms with Gasteiger partial charge in [-0.05, 0) is 37.3 Å². The SMILES string of the molecule is C/C=C/CC(C)(C)CN(CCCC)OC(=O)c1ccccc1. The second kappa shape index (κ2) is 9.42. The van der Waals surface area contributed by atoms with Gasteiger partial charge in [0.15, 0.2) is 0 Å². The molecule has 0 aromatic heterocycles. The van der Waals surface area contributed by atoms with Crippen LogP contribution in [0.2, 0.25) is 0 Å². The van der Waals surface area contributed by atoms with Gasteiger partial charge in [-0.25, -0.2) is 4.79 Å². The van der Waals surface area contributed by atoms with Crippen molar-refractivity contribution in [2.45, 2.75) is 47.0 Å². The maximum atomic E-state index is 12.2. The van der Waals surface area contributed by atoms with Crippen LogP contribution in [-0.4, -0.2) is 24.1 Å². The van der Waals surface area contributed by atoms with E-state index in [-0.39, 0.29) is 11.4 Å². The fourth-order valence-corrected chi connectivity index (χ4v) is 2.21. The summed E-state index contributed by atoms with van der Waals surface area (Å²) in [4.78, 5) is 17.9. The predicted octanol–water partition coefficient (Wildman–Crippen LogP) is 4.85. The summed E-state index contributed by atoms with van der Waals surface area (Å²) in [6.07, 6.45) is 7.29. The number of allylic oxidation sites excluding steroid dienone is 2. The van der Waals surface area contributed by atoms with Crippen molar-refractivity contribution in [3.8, 4) is 0 Å². The van der Waals surface area contributed by atoms with Crippen LogP contribution in [0.5, 0.6) is 0 Å². The molecule has 0 aliphatic carbocycles. The van der Waals surface area contributed by atoms with Crippen molar-refractivity contribution in [2.24, 2.45) is 5.41 Å². The fourth-order valence-electron chi connectivity index (χ4n) is 2.21. The molecule has 0 atom stereocenters. The zero-order valence-corrected chi connectivity index (χ0v) is 14.3. The van der Waals surface area contributed by atoms with Gasteiger partial charge in [-0.2, -0.15) is 0 Å². The third-order valence-electron chi connectivity index (χ3n) is 3.49. The standard InChI is InChI=1S/C19H29NO2/c1-5-7-14-19(3,4)16-20(15-8-6-2)22-18(21)17-12-10-9-11-13-17/h5,7,9-13H,6,8,14-16H2,1-4H3/b7-5+. The largest absolute Gasteiger partial charge is 0.364 e. The third kappa shape index (κ3) is 6.90.